The molecule has 3 rings (SSSR count). The minimum absolute atomic E-state index is 0.0338. The molecule has 2 N–H and O–H groups in total. The van der Waals surface area contributed by atoms with Crippen molar-refractivity contribution in [2.45, 2.75) is 50.1 Å². The summed E-state index contributed by atoms with van der Waals surface area (Å²) in [4.78, 5) is 24.6. The van der Waals surface area contributed by atoms with Gasteiger partial charge in [0.25, 0.3) is 0 Å². The molecule has 1 aromatic heterocycles. The zero-order chi connectivity index (χ0) is 23.2. The fourth-order valence-electron chi connectivity index (χ4n) is 3.80. The number of hydrogen-bond donors (Lipinski definition) is 2. The lowest BCUT2D eigenvalue weighted by Gasteiger charge is -2.39. The van der Waals surface area contributed by atoms with Crippen LogP contribution in [0, 0.1) is 0 Å². The lowest BCUT2D eigenvalue weighted by Crippen LogP contribution is -2.48. The van der Waals surface area contributed by atoms with Crippen LogP contribution in [-0.4, -0.2) is 88.3 Å². The molecule has 12 heteroatoms. The summed E-state index contributed by atoms with van der Waals surface area (Å²) < 4.78 is 40.0. The third-order valence-electron chi connectivity index (χ3n) is 5.26. The van der Waals surface area contributed by atoms with E-state index >= 15 is 0 Å². The number of amides is 2. The minimum atomic E-state index is -5.08. The molecule has 31 heavy (non-hydrogen) atoms. The van der Waals surface area contributed by atoms with Crippen LogP contribution in [0.2, 0.25) is 0 Å². The molecule has 176 valence electrons. The number of alkyl halides is 3. The van der Waals surface area contributed by atoms with Gasteiger partial charge in [-0.05, 0) is 25.7 Å². The van der Waals surface area contributed by atoms with Crippen molar-refractivity contribution >= 4 is 12.0 Å². The SMILES string of the molecule is CN(C)C(=O)NC[C@H]1CCC[C@]2(CCN(Cc3cnn(C)c3)C2)O1.O=C(O)C(F)(F)F. The third-order valence-corrected chi connectivity index (χ3v) is 5.26. The van der Waals surface area contributed by atoms with Crippen LogP contribution in [0.3, 0.4) is 0 Å². The van der Waals surface area contributed by atoms with Gasteiger partial charge in [-0.15, -0.1) is 0 Å². The Morgan fingerprint density at radius 1 is 1.39 bits per heavy atom. The maximum Gasteiger partial charge on any atom is 0.490 e. The third kappa shape index (κ3) is 7.69. The highest BCUT2D eigenvalue weighted by Gasteiger charge is 2.43. The number of aliphatic carboxylic acids is 1. The number of nitrogens with one attached hydrogen (secondary N) is 1. The summed E-state index contributed by atoms with van der Waals surface area (Å²) >= 11 is 0. The monoisotopic (exact) mass is 449 g/mol. The van der Waals surface area contributed by atoms with Crippen LogP contribution in [0.15, 0.2) is 12.4 Å². The number of urea groups is 1. The van der Waals surface area contributed by atoms with Crippen LogP contribution in [0.25, 0.3) is 0 Å². The van der Waals surface area contributed by atoms with Gasteiger partial charge in [0.05, 0.1) is 17.9 Å². The number of aryl methyl sites for hydroxylation is 1. The second-order valence-electron chi connectivity index (χ2n) is 8.18. The van der Waals surface area contributed by atoms with Crippen LogP contribution >= 0.6 is 0 Å². The summed E-state index contributed by atoms with van der Waals surface area (Å²) in [6.07, 6.45) is 3.45. The predicted octanol–water partition coefficient (Wildman–Crippen LogP) is 1.84. The standard InChI is InChI=1S/C17H29N5O2.C2HF3O2/c1-20(2)16(23)18-10-15-5-4-6-17(24-15)7-8-22(13-17)12-14-9-19-21(3)11-14;3-2(4,5)1(6)7/h9,11,15H,4-8,10,12-13H2,1-3H3,(H,18,23);(H,6,7)/t15-,17-;/m1./s1. The first kappa shape index (κ1) is 24.9. The van der Waals surface area contributed by atoms with E-state index in [4.69, 9.17) is 14.6 Å². The topological polar surface area (TPSA) is 99.9 Å². The summed E-state index contributed by atoms with van der Waals surface area (Å²) in [6.45, 7) is 3.56. The van der Waals surface area contributed by atoms with E-state index in [9.17, 15) is 18.0 Å². The van der Waals surface area contributed by atoms with E-state index in [1.807, 2.05) is 17.9 Å². The van der Waals surface area contributed by atoms with Gasteiger partial charge < -0.3 is 20.1 Å². The van der Waals surface area contributed by atoms with Gasteiger partial charge >= 0.3 is 18.2 Å². The van der Waals surface area contributed by atoms with Crippen molar-refractivity contribution in [3.8, 4) is 0 Å². The molecule has 2 aliphatic rings. The highest BCUT2D eigenvalue weighted by atomic mass is 19.4. The average Bonchev–Trinajstić information content (AvgIpc) is 3.25. The Labute approximate surface area is 179 Å². The van der Waals surface area contributed by atoms with Gasteiger partial charge in [-0.2, -0.15) is 18.3 Å². The molecule has 3 heterocycles. The molecule has 2 amide bonds. The molecular formula is C19H30F3N5O4. The number of likely N-dealkylation sites (tertiary alicyclic amines) is 1. The van der Waals surface area contributed by atoms with E-state index in [0.717, 1.165) is 38.9 Å². The summed E-state index contributed by atoms with van der Waals surface area (Å²) in [6, 6.07) is -0.0529. The Kier molecular flexibility index (Phi) is 8.29. The summed E-state index contributed by atoms with van der Waals surface area (Å²) in [5.41, 5.74) is 1.22. The van der Waals surface area contributed by atoms with E-state index in [2.05, 4.69) is 21.5 Å². The normalized spacial score (nSPS) is 23.9. The molecule has 0 aliphatic carbocycles. The predicted molar refractivity (Wildman–Crippen MR) is 105 cm³/mol. The zero-order valence-corrected chi connectivity index (χ0v) is 18.0. The molecule has 0 unspecified atom stereocenters. The number of ether oxygens (including phenoxy) is 1. The first-order chi connectivity index (χ1) is 14.4. The number of carboxylic acids is 1. The number of hydrogen-bond acceptors (Lipinski definition) is 5. The Morgan fingerprint density at radius 2 is 2.06 bits per heavy atom. The first-order valence-corrected chi connectivity index (χ1v) is 10.0. The van der Waals surface area contributed by atoms with E-state index in [1.54, 1.807) is 19.0 Å². The summed E-state index contributed by atoms with van der Waals surface area (Å²) in [7, 11) is 5.46. The zero-order valence-electron chi connectivity index (χ0n) is 18.0. The van der Waals surface area contributed by atoms with Crippen LogP contribution in [0.1, 0.15) is 31.2 Å². The van der Waals surface area contributed by atoms with Crippen molar-refractivity contribution in [2.75, 3.05) is 33.7 Å². The van der Waals surface area contributed by atoms with Crippen molar-refractivity contribution in [3.63, 3.8) is 0 Å². The highest BCUT2D eigenvalue weighted by molar-refractivity contribution is 5.73. The van der Waals surface area contributed by atoms with Crippen LogP contribution in [0.5, 0.6) is 0 Å². The van der Waals surface area contributed by atoms with Crippen molar-refractivity contribution in [3.05, 3.63) is 18.0 Å². The lowest BCUT2D eigenvalue weighted by atomic mass is 9.90. The average molecular weight is 449 g/mol. The Balaban J connectivity index is 0.000000423. The Bertz CT molecular complexity index is 755. The van der Waals surface area contributed by atoms with E-state index < -0.39 is 12.1 Å². The van der Waals surface area contributed by atoms with Crippen LogP contribution in [-0.2, 0) is 23.1 Å². The fourth-order valence-corrected chi connectivity index (χ4v) is 3.80. The molecule has 0 radical (unpaired) electrons. The maximum absolute atomic E-state index is 11.7. The number of carbonyl (C=O) groups excluding carboxylic acids is 1. The molecule has 2 fully saturated rings. The van der Waals surface area contributed by atoms with Gasteiger partial charge in [0, 0.05) is 59.1 Å². The number of rotatable bonds is 4. The summed E-state index contributed by atoms with van der Waals surface area (Å²) in [5.74, 6) is -2.76. The fraction of sp³-hybridized carbons (Fsp3) is 0.737. The van der Waals surface area contributed by atoms with Gasteiger partial charge in [0.1, 0.15) is 0 Å². The van der Waals surface area contributed by atoms with Gasteiger partial charge in [-0.25, -0.2) is 9.59 Å². The highest BCUT2D eigenvalue weighted by Crippen LogP contribution is 2.37. The molecule has 2 saturated heterocycles. The summed E-state index contributed by atoms with van der Waals surface area (Å²) in [5, 5.41) is 14.3. The molecule has 9 nitrogen and oxygen atoms in total. The molecule has 2 aliphatic heterocycles. The number of halogens is 3. The number of carboxylic acid groups (broad SMARTS) is 1. The maximum atomic E-state index is 11.7. The second kappa shape index (κ2) is 10.3. The molecule has 2 atom stereocenters. The lowest BCUT2D eigenvalue weighted by molar-refractivity contribution is -0.192. The Hall–Kier alpha value is -2.34. The smallest absolute Gasteiger partial charge is 0.475 e. The number of nitrogens with zero attached hydrogens (tertiary/aromatic N) is 4. The van der Waals surface area contributed by atoms with Gasteiger partial charge in [0.15, 0.2) is 0 Å². The number of aromatic nitrogens is 2. The first-order valence-electron chi connectivity index (χ1n) is 10.0. The van der Waals surface area contributed by atoms with Gasteiger partial charge in [-0.1, -0.05) is 0 Å². The largest absolute Gasteiger partial charge is 0.490 e. The molecule has 1 spiro atoms. The van der Waals surface area contributed by atoms with Gasteiger partial charge in [0.2, 0.25) is 0 Å². The van der Waals surface area contributed by atoms with E-state index in [-0.39, 0.29) is 17.7 Å². The molecule has 0 aromatic carbocycles. The van der Waals surface area contributed by atoms with Crippen LogP contribution < -0.4 is 5.32 Å². The van der Waals surface area contributed by atoms with E-state index in [1.165, 1.54) is 12.0 Å². The van der Waals surface area contributed by atoms with Crippen molar-refractivity contribution in [1.82, 2.24) is 24.9 Å². The number of carbonyl (C=O) groups is 2. The van der Waals surface area contributed by atoms with Crippen molar-refractivity contribution < 1.29 is 32.6 Å². The Morgan fingerprint density at radius 3 is 2.61 bits per heavy atom. The molecule has 0 bridgehead atoms. The molecular weight excluding hydrogens is 419 g/mol. The van der Waals surface area contributed by atoms with E-state index in [0.29, 0.717) is 6.54 Å². The second-order valence-corrected chi connectivity index (χ2v) is 8.18. The van der Waals surface area contributed by atoms with Crippen LogP contribution in [0.4, 0.5) is 18.0 Å². The molecule has 0 saturated carbocycles. The quantitative estimate of drug-likeness (QED) is 0.728. The van der Waals surface area contributed by atoms with Crippen molar-refractivity contribution in [2.24, 2.45) is 7.05 Å². The van der Waals surface area contributed by atoms with Gasteiger partial charge in [-0.3, -0.25) is 9.58 Å². The van der Waals surface area contributed by atoms with Crippen molar-refractivity contribution in [1.29, 1.82) is 0 Å². The minimum Gasteiger partial charge on any atom is -0.475 e. The molecule has 1 aromatic rings.